The Balaban J connectivity index is 2.24. The van der Waals surface area contributed by atoms with Crippen LogP contribution in [0, 0.1) is 0 Å². The molecule has 0 heterocycles. The van der Waals surface area contributed by atoms with Crippen LogP contribution >= 0.6 is 0 Å². The van der Waals surface area contributed by atoms with Crippen molar-refractivity contribution in [1.82, 2.24) is 10.6 Å². The number of benzene rings is 1. The van der Waals surface area contributed by atoms with Crippen molar-refractivity contribution in [2.45, 2.75) is 6.42 Å². The van der Waals surface area contributed by atoms with E-state index in [1.54, 1.807) is 7.11 Å². The number of ether oxygens (including phenoxy) is 1. The molecule has 0 spiro atoms. The third kappa shape index (κ3) is 5.20. The number of aliphatic carboxylic acids is 1. The molecule has 0 aliphatic carbocycles. The highest BCUT2D eigenvalue weighted by molar-refractivity contribution is 5.79. The zero-order valence-electron chi connectivity index (χ0n) is 10.1. The van der Waals surface area contributed by atoms with Gasteiger partial charge in [0, 0.05) is 6.54 Å². The minimum absolute atomic E-state index is 0.381. The second-order valence-electron chi connectivity index (χ2n) is 3.60. The highest BCUT2D eigenvalue weighted by atomic mass is 16.5. The van der Waals surface area contributed by atoms with Gasteiger partial charge in [0.2, 0.25) is 0 Å². The Labute approximate surface area is 105 Å². The fourth-order valence-electron chi connectivity index (χ4n) is 1.33. The molecule has 0 saturated heterocycles. The number of methoxy groups -OCH3 is 1. The van der Waals surface area contributed by atoms with E-state index in [2.05, 4.69) is 10.6 Å². The van der Waals surface area contributed by atoms with Gasteiger partial charge in [0.1, 0.15) is 12.3 Å². The minimum atomic E-state index is -1.07. The molecule has 0 aliphatic rings. The SMILES string of the molecule is COc1ccc(CCNC(=O)NCC(=O)O)cc1. The number of rotatable bonds is 6. The molecule has 0 aromatic heterocycles. The van der Waals surface area contributed by atoms with Crippen LogP contribution in [-0.4, -0.2) is 37.3 Å². The second-order valence-corrected chi connectivity index (χ2v) is 3.60. The maximum Gasteiger partial charge on any atom is 0.323 e. The lowest BCUT2D eigenvalue weighted by Crippen LogP contribution is -2.39. The van der Waals surface area contributed by atoms with Crippen molar-refractivity contribution in [2.24, 2.45) is 0 Å². The van der Waals surface area contributed by atoms with Gasteiger partial charge in [0.25, 0.3) is 0 Å². The predicted molar refractivity (Wildman–Crippen MR) is 65.7 cm³/mol. The first-order chi connectivity index (χ1) is 8.61. The number of hydrogen-bond acceptors (Lipinski definition) is 3. The summed E-state index contributed by atoms with van der Waals surface area (Å²) in [7, 11) is 1.60. The van der Waals surface area contributed by atoms with Crippen LogP contribution in [0.4, 0.5) is 4.79 Å². The maximum absolute atomic E-state index is 11.1. The summed E-state index contributed by atoms with van der Waals surface area (Å²) in [4.78, 5) is 21.3. The molecule has 0 atom stereocenters. The molecule has 1 aromatic carbocycles. The van der Waals surface area contributed by atoms with Gasteiger partial charge in [0.05, 0.1) is 7.11 Å². The summed E-state index contributed by atoms with van der Waals surface area (Å²) in [6, 6.07) is 7.04. The van der Waals surface area contributed by atoms with E-state index < -0.39 is 12.0 Å². The molecule has 0 bridgehead atoms. The van der Waals surface area contributed by atoms with Gasteiger partial charge in [-0.15, -0.1) is 0 Å². The predicted octanol–water partition coefficient (Wildman–Crippen LogP) is 0.621. The van der Waals surface area contributed by atoms with Gasteiger partial charge in [-0.05, 0) is 24.1 Å². The Bertz CT molecular complexity index is 403. The molecule has 0 radical (unpaired) electrons. The first-order valence-corrected chi connectivity index (χ1v) is 5.48. The zero-order chi connectivity index (χ0) is 13.4. The highest BCUT2D eigenvalue weighted by Gasteiger charge is 2.02. The van der Waals surface area contributed by atoms with Gasteiger partial charge in [-0.2, -0.15) is 0 Å². The topological polar surface area (TPSA) is 87.7 Å². The molecule has 2 amide bonds. The molecule has 6 nitrogen and oxygen atoms in total. The summed E-state index contributed by atoms with van der Waals surface area (Å²) in [6.07, 6.45) is 0.671. The van der Waals surface area contributed by atoms with Crippen molar-refractivity contribution in [1.29, 1.82) is 0 Å². The van der Waals surface area contributed by atoms with Gasteiger partial charge in [-0.25, -0.2) is 4.79 Å². The Morgan fingerprint density at radius 1 is 1.22 bits per heavy atom. The van der Waals surface area contributed by atoms with Crippen molar-refractivity contribution in [3.8, 4) is 5.75 Å². The molecule has 0 aliphatic heterocycles. The minimum Gasteiger partial charge on any atom is -0.497 e. The summed E-state index contributed by atoms with van der Waals surface area (Å²) < 4.78 is 5.03. The Hall–Kier alpha value is -2.24. The Morgan fingerprint density at radius 2 is 1.89 bits per heavy atom. The first kappa shape index (κ1) is 13.8. The van der Waals surface area contributed by atoms with Crippen molar-refractivity contribution in [2.75, 3.05) is 20.2 Å². The molecule has 98 valence electrons. The van der Waals surface area contributed by atoms with E-state index in [1.165, 1.54) is 0 Å². The number of amides is 2. The lowest BCUT2D eigenvalue weighted by Gasteiger charge is -2.06. The van der Waals surface area contributed by atoms with Crippen LogP contribution in [0.15, 0.2) is 24.3 Å². The molecule has 3 N–H and O–H groups in total. The number of carboxylic acids is 1. The molecule has 0 saturated carbocycles. The van der Waals surface area contributed by atoms with Gasteiger partial charge in [0.15, 0.2) is 0 Å². The van der Waals surface area contributed by atoms with E-state index >= 15 is 0 Å². The van der Waals surface area contributed by atoms with E-state index in [-0.39, 0.29) is 6.54 Å². The van der Waals surface area contributed by atoms with Crippen molar-refractivity contribution >= 4 is 12.0 Å². The summed E-state index contributed by atoms with van der Waals surface area (Å²) in [5, 5.41) is 13.1. The maximum atomic E-state index is 11.1. The number of carbonyl (C=O) groups excluding carboxylic acids is 1. The monoisotopic (exact) mass is 252 g/mol. The number of nitrogens with one attached hydrogen (secondary N) is 2. The highest BCUT2D eigenvalue weighted by Crippen LogP contribution is 2.11. The Morgan fingerprint density at radius 3 is 2.44 bits per heavy atom. The molecular weight excluding hydrogens is 236 g/mol. The van der Waals surface area contributed by atoms with Crippen LogP contribution in [0.5, 0.6) is 5.75 Å². The number of urea groups is 1. The summed E-state index contributed by atoms with van der Waals surface area (Å²) in [5.41, 5.74) is 1.06. The van der Waals surface area contributed by atoms with E-state index in [0.717, 1.165) is 11.3 Å². The van der Waals surface area contributed by atoms with Gasteiger partial charge in [-0.3, -0.25) is 4.79 Å². The van der Waals surface area contributed by atoms with E-state index in [9.17, 15) is 9.59 Å². The first-order valence-electron chi connectivity index (χ1n) is 5.48. The van der Waals surface area contributed by atoms with Crippen molar-refractivity contribution in [3.63, 3.8) is 0 Å². The van der Waals surface area contributed by atoms with Crippen LogP contribution in [-0.2, 0) is 11.2 Å². The fraction of sp³-hybridized carbons (Fsp3) is 0.333. The lowest BCUT2D eigenvalue weighted by atomic mass is 10.1. The van der Waals surface area contributed by atoms with E-state index in [4.69, 9.17) is 9.84 Å². The quantitative estimate of drug-likeness (QED) is 0.692. The van der Waals surface area contributed by atoms with E-state index in [1.807, 2.05) is 24.3 Å². The van der Waals surface area contributed by atoms with Gasteiger partial charge in [-0.1, -0.05) is 12.1 Å². The van der Waals surface area contributed by atoms with Crippen LogP contribution in [0.25, 0.3) is 0 Å². The van der Waals surface area contributed by atoms with Crippen molar-refractivity contribution in [3.05, 3.63) is 29.8 Å². The smallest absolute Gasteiger partial charge is 0.323 e. The standard InChI is InChI=1S/C12H16N2O4/c1-18-10-4-2-9(3-5-10)6-7-13-12(17)14-8-11(15)16/h2-5H,6-8H2,1H3,(H,15,16)(H2,13,14,17). The second kappa shape index (κ2) is 7.16. The average molecular weight is 252 g/mol. The van der Waals surface area contributed by atoms with Crippen LogP contribution in [0.3, 0.4) is 0 Å². The molecule has 0 unspecified atom stereocenters. The summed E-state index contributed by atoms with van der Waals surface area (Å²) in [6.45, 7) is 0.0617. The molecule has 0 fully saturated rings. The van der Waals surface area contributed by atoms with Crippen molar-refractivity contribution < 1.29 is 19.4 Å². The largest absolute Gasteiger partial charge is 0.497 e. The molecule has 1 rings (SSSR count). The Kier molecular flexibility index (Phi) is 5.50. The molecule has 18 heavy (non-hydrogen) atoms. The average Bonchev–Trinajstić information content (AvgIpc) is 2.37. The molecule has 6 heteroatoms. The van der Waals surface area contributed by atoms with Gasteiger partial charge < -0.3 is 20.5 Å². The number of carboxylic acid groups (broad SMARTS) is 1. The number of carbonyl (C=O) groups is 2. The lowest BCUT2D eigenvalue weighted by molar-refractivity contribution is -0.135. The molecular formula is C12H16N2O4. The third-order valence-electron chi connectivity index (χ3n) is 2.26. The van der Waals surface area contributed by atoms with Crippen LogP contribution < -0.4 is 15.4 Å². The van der Waals surface area contributed by atoms with E-state index in [0.29, 0.717) is 13.0 Å². The summed E-state index contributed by atoms with van der Waals surface area (Å²) >= 11 is 0. The van der Waals surface area contributed by atoms with Crippen LogP contribution in [0.1, 0.15) is 5.56 Å². The van der Waals surface area contributed by atoms with Gasteiger partial charge >= 0.3 is 12.0 Å². The summed E-state index contributed by atoms with van der Waals surface area (Å²) in [5.74, 6) is -0.286. The molecule has 1 aromatic rings. The fourth-order valence-corrected chi connectivity index (χ4v) is 1.33. The van der Waals surface area contributed by atoms with Crippen LogP contribution in [0.2, 0.25) is 0 Å². The third-order valence-corrected chi connectivity index (χ3v) is 2.26. The normalized spacial score (nSPS) is 9.61. The number of hydrogen-bond donors (Lipinski definition) is 3. The zero-order valence-corrected chi connectivity index (χ0v) is 10.1.